The maximum absolute atomic E-state index is 12.8. The Labute approximate surface area is 155 Å². The fourth-order valence-electron chi connectivity index (χ4n) is 4.44. The number of carbonyl (C=O) groups excluding carboxylic acids is 1. The summed E-state index contributed by atoms with van der Waals surface area (Å²) in [6, 6.07) is 10.6. The average molecular weight is 352 g/mol. The molecule has 2 fully saturated rings. The number of hydrogen-bond acceptors (Lipinski definition) is 3. The molecule has 26 heavy (non-hydrogen) atoms. The predicted molar refractivity (Wildman–Crippen MR) is 103 cm³/mol. The first kappa shape index (κ1) is 17.5. The Kier molecular flexibility index (Phi) is 5.49. The van der Waals surface area contributed by atoms with E-state index in [0.29, 0.717) is 24.2 Å². The lowest BCUT2D eigenvalue weighted by atomic mass is 9.89. The number of ether oxygens (including phenoxy) is 1. The third kappa shape index (κ3) is 4.07. The van der Waals surface area contributed by atoms with E-state index in [9.17, 15) is 4.79 Å². The van der Waals surface area contributed by atoms with Gasteiger partial charge < -0.3 is 9.64 Å². The number of rotatable bonds is 4. The van der Waals surface area contributed by atoms with Gasteiger partial charge in [-0.25, -0.2) is 0 Å². The molecular weight excluding hydrogens is 324 g/mol. The van der Waals surface area contributed by atoms with Crippen molar-refractivity contribution in [1.82, 2.24) is 9.88 Å². The number of amides is 1. The number of nitrogens with zero attached hydrogens (tertiary/aromatic N) is 2. The highest BCUT2D eigenvalue weighted by molar-refractivity contribution is 5.82. The van der Waals surface area contributed by atoms with E-state index in [0.717, 1.165) is 57.5 Å². The standard InChI is InChI=1S/C22H28N2O2/c25-22(15-17-8-12-26-13-9-17)24-11-3-4-18(16-24)14-19-5-1-7-21-20(19)6-2-10-23-21/h1-2,5-7,10,17-18H,3-4,8-9,11-16H2/t18-/m0/s1. The van der Waals surface area contributed by atoms with Crippen molar-refractivity contribution < 1.29 is 9.53 Å². The summed E-state index contributed by atoms with van der Waals surface area (Å²) < 4.78 is 5.42. The monoisotopic (exact) mass is 352 g/mol. The van der Waals surface area contributed by atoms with E-state index >= 15 is 0 Å². The van der Waals surface area contributed by atoms with Gasteiger partial charge in [0.2, 0.25) is 5.91 Å². The highest BCUT2D eigenvalue weighted by Gasteiger charge is 2.26. The molecule has 4 nitrogen and oxygen atoms in total. The van der Waals surface area contributed by atoms with Crippen molar-refractivity contribution in [3.63, 3.8) is 0 Å². The molecule has 0 aliphatic carbocycles. The first-order valence-electron chi connectivity index (χ1n) is 9.98. The zero-order valence-electron chi connectivity index (χ0n) is 15.4. The number of hydrogen-bond donors (Lipinski definition) is 0. The largest absolute Gasteiger partial charge is 0.381 e. The zero-order chi connectivity index (χ0) is 17.8. The van der Waals surface area contributed by atoms with Gasteiger partial charge in [0.15, 0.2) is 0 Å². The molecule has 0 saturated carbocycles. The molecule has 1 atom stereocenters. The Morgan fingerprint density at radius 3 is 2.88 bits per heavy atom. The summed E-state index contributed by atoms with van der Waals surface area (Å²) in [7, 11) is 0. The second kappa shape index (κ2) is 8.17. The molecule has 4 rings (SSSR count). The van der Waals surface area contributed by atoms with Crippen LogP contribution in [-0.2, 0) is 16.0 Å². The molecule has 0 unspecified atom stereocenters. The van der Waals surface area contributed by atoms with Crippen molar-refractivity contribution in [2.75, 3.05) is 26.3 Å². The maximum Gasteiger partial charge on any atom is 0.222 e. The molecule has 0 N–H and O–H groups in total. The summed E-state index contributed by atoms with van der Waals surface area (Å²) in [5.41, 5.74) is 2.42. The maximum atomic E-state index is 12.8. The van der Waals surface area contributed by atoms with Crippen LogP contribution < -0.4 is 0 Å². The number of likely N-dealkylation sites (tertiary alicyclic amines) is 1. The molecule has 138 valence electrons. The summed E-state index contributed by atoms with van der Waals surface area (Å²) >= 11 is 0. The second-order valence-corrected chi connectivity index (χ2v) is 7.80. The van der Waals surface area contributed by atoms with Gasteiger partial charge in [-0.15, -0.1) is 0 Å². The molecule has 1 amide bonds. The third-order valence-corrected chi connectivity index (χ3v) is 5.92. The lowest BCUT2D eigenvalue weighted by Crippen LogP contribution is -2.41. The molecule has 3 heterocycles. The van der Waals surface area contributed by atoms with Crippen molar-refractivity contribution in [2.24, 2.45) is 11.8 Å². The Morgan fingerprint density at radius 1 is 1.12 bits per heavy atom. The summed E-state index contributed by atoms with van der Waals surface area (Å²) in [5, 5.41) is 1.25. The van der Waals surface area contributed by atoms with Crippen LogP contribution in [0.15, 0.2) is 36.5 Å². The average Bonchev–Trinajstić information content (AvgIpc) is 2.69. The predicted octanol–water partition coefficient (Wildman–Crippen LogP) is 3.83. The minimum absolute atomic E-state index is 0.348. The second-order valence-electron chi connectivity index (χ2n) is 7.80. The van der Waals surface area contributed by atoms with Gasteiger partial charge in [0, 0.05) is 44.3 Å². The Hall–Kier alpha value is -1.94. The van der Waals surface area contributed by atoms with Crippen molar-refractivity contribution in [3.8, 4) is 0 Å². The van der Waals surface area contributed by atoms with E-state index in [4.69, 9.17) is 4.74 Å². The van der Waals surface area contributed by atoms with Crippen LogP contribution in [0.25, 0.3) is 10.9 Å². The Morgan fingerprint density at radius 2 is 2.00 bits per heavy atom. The zero-order valence-corrected chi connectivity index (χ0v) is 15.4. The van der Waals surface area contributed by atoms with Crippen LogP contribution in [0.5, 0.6) is 0 Å². The first-order chi connectivity index (χ1) is 12.8. The van der Waals surface area contributed by atoms with Gasteiger partial charge >= 0.3 is 0 Å². The van der Waals surface area contributed by atoms with Gasteiger partial charge in [0.05, 0.1) is 5.52 Å². The van der Waals surface area contributed by atoms with Crippen LogP contribution in [0, 0.1) is 11.8 Å². The number of fused-ring (bicyclic) bond motifs is 1. The molecule has 2 aliphatic rings. The molecule has 0 spiro atoms. The van der Waals surface area contributed by atoms with Gasteiger partial charge in [-0.3, -0.25) is 9.78 Å². The molecule has 2 saturated heterocycles. The van der Waals surface area contributed by atoms with Crippen LogP contribution in [0.2, 0.25) is 0 Å². The number of benzene rings is 1. The SMILES string of the molecule is O=C(CC1CCOCC1)N1CCC[C@@H](Cc2cccc3ncccc23)C1. The van der Waals surface area contributed by atoms with Gasteiger partial charge in [-0.1, -0.05) is 18.2 Å². The van der Waals surface area contributed by atoms with Crippen LogP contribution in [0.3, 0.4) is 0 Å². The fraction of sp³-hybridized carbons (Fsp3) is 0.545. The molecule has 2 aliphatic heterocycles. The summed E-state index contributed by atoms with van der Waals surface area (Å²) in [6.45, 7) is 3.46. The van der Waals surface area contributed by atoms with Crippen molar-refractivity contribution in [3.05, 3.63) is 42.1 Å². The van der Waals surface area contributed by atoms with Crippen LogP contribution >= 0.6 is 0 Å². The van der Waals surface area contributed by atoms with Crippen molar-refractivity contribution >= 4 is 16.8 Å². The van der Waals surface area contributed by atoms with E-state index in [2.05, 4.69) is 34.1 Å². The van der Waals surface area contributed by atoms with Gasteiger partial charge in [-0.2, -0.15) is 0 Å². The molecule has 2 aromatic rings. The first-order valence-corrected chi connectivity index (χ1v) is 9.98. The van der Waals surface area contributed by atoms with Crippen LogP contribution in [0.4, 0.5) is 0 Å². The smallest absolute Gasteiger partial charge is 0.222 e. The van der Waals surface area contributed by atoms with Crippen molar-refractivity contribution in [2.45, 2.75) is 38.5 Å². The normalized spacial score (nSPS) is 21.8. The summed E-state index contributed by atoms with van der Waals surface area (Å²) in [4.78, 5) is 19.3. The molecule has 0 bridgehead atoms. The molecule has 4 heteroatoms. The van der Waals surface area contributed by atoms with E-state index in [1.165, 1.54) is 17.4 Å². The molecule has 1 aromatic carbocycles. The van der Waals surface area contributed by atoms with Gasteiger partial charge in [-0.05, 0) is 61.6 Å². The van der Waals surface area contributed by atoms with Crippen LogP contribution in [-0.4, -0.2) is 42.1 Å². The van der Waals surface area contributed by atoms with Gasteiger partial charge in [0.1, 0.15) is 0 Å². The Balaban J connectivity index is 1.39. The number of pyridine rings is 1. The lowest BCUT2D eigenvalue weighted by Gasteiger charge is -2.34. The summed E-state index contributed by atoms with van der Waals surface area (Å²) in [5.74, 6) is 1.41. The minimum Gasteiger partial charge on any atom is -0.381 e. The topological polar surface area (TPSA) is 42.4 Å². The van der Waals surface area contributed by atoms with E-state index < -0.39 is 0 Å². The fourth-order valence-corrected chi connectivity index (χ4v) is 4.44. The molecule has 1 aromatic heterocycles. The quantitative estimate of drug-likeness (QED) is 0.840. The Bertz CT molecular complexity index is 749. The highest BCUT2D eigenvalue weighted by Crippen LogP contribution is 2.26. The number of carbonyl (C=O) groups is 1. The van der Waals surface area contributed by atoms with E-state index in [1.807, 2.05) is 12.3 Å². The van der Waals surface area contributed by atoms with Crippen molar-refractivity contribution in [1.29, 1.82) is 0 Å². The number of aromatic nitrogens is 1. The lowest BCUT2D eigenvalue weighted by molar-refractivity contribution is -0.134. The minimum atomic E-state index is 0.348. The third-order valence-electron chi connectivity index (χ3n) is 5.92. The van der Waals surface area contributed by atoms with Gasteiger partial charge in [0.25, 0.3) is 0 Å². The molecular formula is C22H28N2O2. The highest BCUT2D eigenvalue weighted by atomic mass is 16.5. The van der Waals surface area contributed by atoms with E-state index in [-0.39, 0.29) is 0 Å². The number of piperidine rings is 1. The van der Waals surface area contributed by atoms with E-state index in [1.54, 1.807) is 0 Å². The van der Waals surface area contributed by atoms with Crippen LogP contribution in [0.1, 0.15) is 37.7 Å². The molecule has 0 radical (unpaired) electrons. The summed E-state index contributed by atoms with van der Waals surface area (Å²) in [6.07, 6.45) is 7.98.